The molecule has 0 bridgehead atoms. The van der Waals surface area contributed by atoms with Gasteiger partial charge in [0.1, 0.15) is 5.65 Å². The molecule has 3 rings (SSSR count). The molecule has 0 unspecified atom stereocenters. The molecule has 14 heavy (non-hydrogen) atoms. The maximum absolute atomic E-state index is 5.58. The standard InChI is InChI=1S/C11H13N3/c12-6-9-7-14-5-1-2-10(8-3-4-8)11(14)13-9/h1-2,5,7-8H,3-4,6,12H2. The Bertz CT molecular complexity index is 468. The van der Waals surface area contributed by atoms with E-state index in [2.05, 4.69) is 21.5 Å². The molecule has 0 amide bonds. The van der Waals surface area contributed by atoms with Crippen molar-refractivity contribution in [1.29, 1.82) is 0 Å². The van der Waals surface area contributed by atoms with Crippen molar-refractivity contribution in [3.8, 4) is 0 Å². The summed E-state index contributed by atoms with van der Waals surface area (Å²) in [7, 11) is 0. The first-order chi connectivity index (χ1) is 6.88. The lowest BCUT2D eigenvalue weighted by atomic mass is 10.2. The van der Waals surface area contributed by atoms with Gasteiger partial charge in [-0.15, -0.1) is 0 Å². The molecular weight excluding hydrogens is 174 g/mol. The van der Waals surface area contributed by atoms with E-state index in [-0.39, 0.29) is 0 Å². The first-order valence-electron chi connectivity index (χ1n) is 5.05. The average Bonchev–Trinajstić information content (AvgIpc) is 2.96. The van der Waals surface area contributed by atoms with E-state index >= 15 is 0 Å². The maximum Gasteiger partial charge on any atom is 0.140 e. The number of fused-ring (bicyclic) bond motifs is 1. The van der Waals surface area contributed by atoms with E-state index in [1.54, 1.807) is 0 Å². The highest BCUT2D eigenvalue weighted by Crippen LogP contribution is 2.41. The van der Waals surface area contributed by atoms with Gasteiger partial charge in [-0.05, 0) is 30.4 Å². The minimum Gasteiger partial charge on any atom is -0.325 e. The van der Waals surface area contributed by atoms with E-state index in [9.17, 15) is 0 Å². The first-order valence-corrected chi connectivity index (χ1v) is 5.05. The lowest BCUT2D eigenvalue weighted by Crippen LogP contribution is -1.95. The summed E-state index contributed by atoms with van der Waals surface area (Å²) in [5.41, 5.74) is 9.02. The van der Waals surface area contributed by atoms with Crippen LogP contribution in [0.2, 0.25) is 0 Å². The zero-order valence-corrected chi connectivity index (χ0v) is 7.98. The predicted octanol–water partition coefficient (Wildman–Crippen LogP) is 1.67. The third-order valence-electron chi connectivity index (χ3n) is 2.79. The summed E-state index contributed by atoms with van der Waals surface area (Å²) in [6.45, 7) is 0.520. The van der Waals surface area contributed by atoms with E-state index in [0.717, 1.165) is 17.3 Å². The number of aromatic nitrogens is 2. The van der Waals surface area contributed by atoms with Gasteiger partial charge in [-0.1, -0.05) is 6.07 Å². The van der Waals surface area contributed by atoms with E-state index in [1.165, 1.54) is 18.4 Å². The molecule has 1 aliphatic rings. The van der Waals surface area contributed by atoms with Crippen LogP contribution in [-0.4, -0.2) is 9.38 Å². The Morgan fingerprint density at radius 3 is 3.07 bits per heavy atom. The SMILES string of the molecule is NCc1cn2cccc(C3CC3)c2n1. The summed E-state index contributed by atoms with van der Waals surface area (Å²) in [5.74, 6) is 0.742. The Hall–Kier alpha value is -1.35. The third kappa shape index (κ3) is 1.13. The summed E-state index contributed by atoms with van der Waals surface area (Å²) >= 11 is 0. The zero-order valence-electron chi connectivity index (χ0n) is 7.98. The minimum atomic E-state index is 0.520. The molecule has 2 heterocycles. The molecule has 1 fully saturated rings. The number of hydrogen-bond donors (Lipinski definition) is 1. The highest BCUT2D eigenvalue weighted by molar-refractivity contribution is 5.52. The second-order valence-corrected chi connectivity index (χ2v) is 3.91. The monoisotopic (exact) mass is 187 g/mol. The molecule has 2 aromatic heterocycles. The fraction of sp³-hybridized carbons (Fsp3) is 0.364. The van der Waals surface area contributed by atoms with Crippen molar-refractivity contribution in [1.82, 2.24) is 9.38 Å². The van der Waals surface area contributed by atoms with Gasteiger partial charge in [-0.2, -0.15) is 0 Å². The summed E-state index contributed by atoms with van der Waals surface area (Å²) in [4.78, 5) is 4.53. The summed E-state index contributed by atoms with van der Waals surface area (Å²) in [5, 5.41) is 0. The molecule has 0 saturated heterocycles. The first kappa shape index (κ1) is 8.00. The second kappa shape index (κ2) is 2.82. The van der Waals surface area contributed by atoms with E-state index in [0.29, 0.717) is 6.54 Å². The van der Waals surface area contributed by atoms with E-state index in [1.807, 2.05) is 12.4 Å². The molecular formula is C11H13N3. The van der Waals surface area contributed by atoms with E-state index in [4.69, 9.17) is 5.73 Å². The Balaban J connectivity index is 2.23. The normalized spacial score (nSPS) is 16.4. The Morgan fingerprint density at radius 1 is 1.50 bits per heavy atom. The van der Waals surface area contributed by atoms with Crippen LogP contribution in [-0.2, 0) is 6.54 Å². The maximum atomic E-state index is 5.58. The quantitative estimate of drug-likeness (QED) is 0.777. The van der Waals surface area contributed by atoms with Gasteiger partial charge in [0.05, 0.1) is 5.69 Å². The van der Waals surface area contributed by atoms with Gasteiger partial charge in [0.25, 0.3) is 0 Å². The van der Waals surface area contributed by atoms with Crippen molar-refractivity contribution in [3.63, 3.8) is 0 Å². The van der Waals surface area contributed by atoms with Crippen LogP contribution in [0.1, 0.15) is 30.0 Å². The number of nitrogens with two attached hydrogens (primary N) is 1. The number of rotatable bonds is 2. The molecule has 0 spiro atoms. The van der Waals surface area contributed by atoms with Gasteiger partial charge < -0.3 is 10.1 Å². The molecule has 72 valence electrons. The highest BCUT2D eigenvalue weighted by atomic mass is 15.0. The Labute approximate surface area is 82.6 Å². The number of hydrogen-bond acceptors (Lipinski definition) is 2. The van der Waals surface area contributed by atoms with E-state index < -0.39 is 0 Å². The van der Waals surface area contributed by atoms with Gasteiger partial charge >= 0.3 is 0 Å². The van der Waals surface area contributed by atoms with Crippen molar-refractivity contribution in [3.05, 3.63) is 35.8 Å². The Morgan fingerprint density at radius 2 is 2.36 bits per heavy atom. The highest BCUT2D eigenvalue weighted by Gasteiger charge is 2.26. The second-order valence-electron chi connectivity index (χ2n) is 3.91. The van der Waals surface area contributed by atoms with Crippen molar-refractivity contribution >= 4 is 5.65 Å². The summed E-state index contributed by atoms with van der Waals surface area (Å²) in [6.07, 6.45) is 6.67. The van der Waals surface area contributed by atoms with Crippen molar-refractivity contribution in [2.75, 3.05) is 0 Å². The van der Waals surface area contributed by atoms with Gasteiger partial charge in [-0.3, -0.25) is 0 Å². The minimum absolute atomic E-state index is 0.520. The van der Waals surface area contributed by atoms with Gasteiger partial charge in [0, 0.05) is 18.9 Å². The molecule has 2 N–H and O–H groups in total. The smallest absolute Gasteiger partial charge is 0.140 e. The van der Waals surface area contributed by atoms with Crippen molar-refractivity contribution in [2.24, 2.45) is 5.73 Å². The van der Waals surface area contributed by atoms with Gasteiger partial charge in [0.2, 0.25) is 0 Å². The number of pyridine rings is 1. The predicted molar refractivity (Wildman–Crippen MR) is 55.1 cm³/mol. The van der Waals surface area contributed by atoms with Crippen LogP contribution in [0.4, 0.5) is 0 Å². The molecule has 0 radical (unpaired) electrons. The lowest BCUT2D eigenvalue weighted by molar-refractivity contribution is 1.01. The van der Waals surface area contributed by atoms with Gasteiger partial charge in [-0.25, -0.2) is 4.98 Å². The van der Waals surface area contributed by atoms with Crippen LogP contribution in [0.3, 0.4) is 0 Å². The van der Waals surface area contributed by atoms with Crippen LogP contribution in [0.25, 0.3) is 5.65 Å². The zero-order chi connectivity index (χ0) is 9.54. The fourth-order valence-electron chi connectivity index (χ4n) is 1.90. The fourth-order valence-corrected chi connectivity index (χ4v) is 1.90. The van der Waals surface area contributed by atoms with Crippen LogP contribution in [0, 0.1) is 0 Å². The molecule has 0 atom stereocenters. The molecule has 3 nitrogen and oxygen atoms in total. The third-order valence-corrected chi connectivity index (χ3v) is 2.79. The Kier molecular flexibility index (Phi) is 1.61. The van der Waals surface area contributed by atoms with Crippen LogP contribution < -0.4 is 5.73 Å². The van der Waals surface area contributed by atoms with Crippen molar-refractivity contribution in [2.45, 2.75) is 25.3 Å². The summed E-state index contributed by atoms with van der Waals surface area (Å²) in [6, 6.07) is 4.27. The topological polar surface area (TPSA) is 43.3 Å². The van der Waals surface area contributed by atoms with Crippen LogP contribution >= 0.6 is 0 Å². The largest absolute Gasteiger partial charge is 0.325 e. The summed E-state index contributed by atoms with van der Waals surface area (Å²) < 4.78 is 2.08. The van der Waals surface area contributed by atoms with Crippen LogP contribution in [0.5, 0.6) is 0 Å². The molecule has 0 aromatic carbocycles. The molecule has 0 aliphatic heterocycles. The number of nitrogens with zero attached hydrogens (tertiary/aromatic N) is 2. The van der Waals surface area contributed by atoms with Crippen molar-refractivity contribution < 1.29 is 0 Å². The molecule has 1 aliphatic carbocycles. The molecule has 1 saturated carbocycles. The number of imidazole rings is 1. The molecule has 2 aromatic rings. The lowest BCUT2D eigenvalue weighted by Gasteiger charge is -1.99. The molecule has 3 heteroatoms. The van der Waals surface area contributed by atoms with Crippen LogP contribution in [0.15, 0.2) is 24.5 Å². The average molecular weight is 187 g/mol. The van der Waals surface area contributed by atoms with Gasteiger partial charge in [0.15, 0.2) is 0 Å².